The van der Waals surface area contributed by atoms with Crippen molar-refractivity contribution in [1.29, 1.82) is 0 Å². The van der Waals surface area contributed by atoms with Crippen LogP contribution in [0, 0.1) is 0 Å². The summed E-state index contributed by atoms with van der Waals surface area (Å²) in [6.45, 7) is 7.66. The van der Waals surface area contributed by atoms with Gasteiger partial charge >= 0.3 is 5.97 Å². The van der Waals surface area contributed by atoms with Crippen LogP contribution >= 0.6 is 12.4 Å². The molecule has 1 amide bonds. The second-order valence-electron chi connectivity index (χ2n) is 4.59. The number of rotatable bonds is 9. The first-order valence-corrected chi connectivity index (χ1v) is 6.75. The summed E-state index contributed by atoms with van der Waals surface area (Å²) in [5.74, 6) is -1.04. The third-order valence-electron chi connectivity index (χ3n) is 3.05. The summed E-state index contributed by atoms with van der Waals surface area (Å²) in [5, 5.41) is 14.8. The second kappa shape index (κ2) is 11.1. The molecule has 3 N–H and O–H groups in total. The predicted molar refractivity (Wildman–Crippen MR) is 78.7 cm³/mol. The van der Waals surface area contributed by atoms with Crippen LogP contribution in [-0.4, -0.2) is 35.1 Å². The van der Waals surface area contributed by atoms with Crippen molar-refractivity contribution in [3.8, 4) is 0 Å². The molecule has 0 aromatic heterocycles. The van der Waals surface area contributed by atoms with Gasteiger partial charge in [0.15, 0.2) is 0 Å². The van der Waals surface area contributed by atoms with Gasteiger partial charge in [-0.15, -0.1) is 12.4 Å². The van der Waals surface area contributed by atoms with Gasteiger partial charge in [-0.3, -0.25) is 14.9 Å². The van der Waals surface area contributed by atoms with E-state index in [9.17, 15) is 9.59 Å². The molecule has 19 heavy (non-hydrogen) atoms. The summed E-state index contributed by atoms with van der Waals surface area (Å²) >= 11 is 0. The molecule has 0 aromatic rings. The molecule has 0 saturated carbocycles. The predicted octanol–water partition coefficient (Wildman–Crippen LogP) is 1.94. The number of hydrogen-bond acceptors (Lipinski definition) is 3. The van der Waals surface area contributed by atoms with Crippen molar-refractivity contribution in [2.45, 2.75) is 71.5 Å². The Balaban J connectivity index is 0. The molecular weight excluding hydrogens is 268 g/mol. The SMILES string of the molecule is CCCC(NC(C)C(=O)NC(CC)CC)C(=O)O.Cl. The van der Waals surface area contributed by atoms with Crippen LogP contribution in [0.15, 0.2) is 0 Å². The van der Waals surface area contributed by atoms with Crippen LogP contribution < -0.4 is 10.6 Å². The minimum absolute atomic E-state index is 0. The maximum absolute atomic E-state index is 11.9. The van der Waals surface area contributed by atoms with E-state index in [4.69, 9.17) is 5.11 Å². The Morgan fingerprint density at radius 3 is 2.05 bits per heavy atom. The Labute approximate surface area is 121 Å². The summed E-state index contributed by atoms with van der Waals surface area (Å²) in [6.07, 6.45) is 3.06. The normalized spacial score (nSPS) is 13.5. The summed E-state index contributed by atoms with van der Waals surface area (Å²) in [4.78, 5) is 22.9. The molecule has 0 rings (SSSR count). The maximum Gasteiger partial charge on any atom is 0.320 e. The fraction of sp³-hybridized carbons (Fsp3) is 0.846. The molecule has 0 spiro atoms. The first-order chi connectivity index (χ1) is 8.46. The molecule has 0 bridgehead atoms. The number of amides is 1. The van der Waals surface area contributed by atoms with E-state index in [1.807, 2.05) is 20.8 Å². The van der Waals surface area contributed by atoms with E-state index in [1.165, 1.54) is 0 Å². The van der Waals surface area contributed by atoms with Crippen molar-refractivity contribution in [3.63, 3.8) is 0 Å². The minimum Gasteiger partial charge on any atom is -0.480 e. The molecule has 0 aliphatic carbocycles. The lowest BCUT2D eigenvalue weighted by molar-refractivity contribution is -0.140. The average Bonchev–Trinajstić information content (AvgIpc) is 2.34. The molecular formula is C13H27ClN2O3. The molecule has 5 nitrogen and oxygen atoms in total. The number of hydrogen-bond donors (Lipinski definition) is 3. The van der Waals surface area contributed by atoms with Gasteiger partial charge in [0.05, 0.1) is 6.04 Å². The highest BCUT2D eigenvalue weighted by Crippen LogP contribution is 2.01. The van der Waals surface area contributed by atoms with E-state index in [1.54, 1.807) is 6.92 Å². The number of carboxylic acid groups (broad SMARTS) is 1. The summed E-state index contributed by atoms with van der Waals surface area (Å²) in [5.41, 5.74) is 0. The fourth-order valence-electron chi connectivity index (χ4n) is 1.76. The van der Waals surface area contributed by atoms with Crippen LogP contribution in [0.3, 0.4) is 0 Å². The number of halogens is 1. The molecule has 2 atom stereocenters. The zero-order valence-electron chi connectivity index (χ0n) is 12.2. The highest BCUT2D eigenvalue weighted by molar-refractivity contribution is 5.85. The molecule has 0 heterocycles. The Morgan fingerprint density at radius 2 is 1.68 bits per heavy atom. The van der Waals surface area contributed by atoms with Gasteiger partial charge in [-0.1, -0.05) is 27.2 Å². The van der Waals surface area contributed by atoms with Crippen LogP contribution in [0.5, 0.6) is 0 Å². The highest BCUT2D eigenvalue weighted by Gasteiger charge is 2.23. The Morgan fingerprint density at radius 1 is 1.16 bits per heavy atom. The summed E-state index contributed by atoms with van der Waals surface area (Å²) in [7, 11) is 0. The molecule has 0 aromatic carbocycles. The van der Waals surface area contributed by atoms with Crippen LogP contribution in [0.4, 0.5) is 0 Å². The third-order valence-corrected chi connectivity index (χ3v) is 3.05. The molecule has 2 unspecified atom stereocenters. The smallest absolute Gasteiger partial charge is 0.320 e. The lowest BCUT2D eigenvalue weighted by Gasteiger charge is -2.22. The van der Waals surface area contributed by atoms with E-state index in [0.717, 1.165) is 19.3 Å². The van der Waals surface area contributed by atoms with Gasteiger partial charge in [-0.05, 0) is 26.2 Å². The van der Waals surface area contributed by atoms with Crippen LogP contribution in [0.2, 0.25) is 0 Å². The lowest BCUT2D eigenvalue weighted by atomic mass is 10.1. The highest BCUT2D eigenvalue weighted by atomic mass is 35.5. The van der Waals surface area contributed by atoms with Crippen molar-refractivity contribution >= 4 is 24.3 Å². The average molecular weight is 295 g/mol. The third kappa shape index (κ3) is 8.06. The van der Waals surface area contributed by atoms with Crippen molar-refractivity contribution in [2.24, 2.45) is 0 Å². The molecule has 0 radical (unpaired) electrons. The Bertz CT molecular complexity index is 271. The Hall–Kier alpha value is -0.810. The fourth-order valence-corrected chi connectivity index (χ4v) is 1.76. The van der Waals surface area contributed by atoms with E-state index < -0.39 is 18.1 Å². The largest absolute Gasteiger partial charge is 0.480 e. The van der Waals surface area contributed by atoms with Gasteiger partial charge < -0.3 is 10.4 Å². The van der Waals surface area contributed by atoms with Crippen molar-refractivity contribution in [3.05, 3.63) is 0 Å². The van der Waals surface area contributed by atoms with Crippen LogP contribution in [0.25, 0.3) is 0 Å². The van der Waals surface area contributed by atoms with E-state index in [0.29, 0.717) is 6.42 Å². The maximum atomic E-state index is 11.9. The number of carbonyl (C=O) groups is 2. The van der Waals surface area contributed by atoms with Gasteiger partial charge in [-0.2, -0.15) is 0 Å². The van der Waals surface area contributed by atoms with Gasteiger partial charge in [0.1, 0.15) is 6.04 Å². The zero-order chi connectivity index (χ0) is 14.1. The van der Waals surface area contributed by atoms with Crippen molar-refractivity contribution < 1.29 is 14.7 Å². The van der Waals surface area contributed by atoms with Gasteiger partial charge in [0, 0.05) is 6.04 Å². The number of aliphatic carboxylic acids is 1. The molecule has 0 fully saturated rings. The van der Waals surface area contributed by atoms with Crippen LogP contribution in [-0.2, 0) is 9.59 Å². The lowest BCUT2D eigenvalue weighted by Crippen LogP contribution is -2.51. The minimum atomic E-state index is -0.904. The van der Waals surface area contributed by atoms with Crippen LogP contribution in [0.1, 0.15) is 53.4 Å². The summed E-state index contributed by atoms with van der Waals surface area (Å²) < 4.78 is 0. The zero-order valence-corrected chi connectivity index (χ0v) is 13.0. The second-order valence-corrected chi connectivity index (χ2v) is 4.59. The van der Waals surface area contributed by atoms with Gasteiger partial charge in [-0.25, -0.2) is 0 Å². The van der Waals surface area contributed by atoms with Crippen molar-refractivity contribution in [2.75, 3.05) is 0 Å². The number of nitrogens with one attached hydrogen (secondary N) is 2. The van der Waals surface area contributed by atoms with E-state index in [2.05, 4.69) is 10.6 Å². The summed E-state index contributed by atoms with van der Waals surface area (Å²) in [6, 6.07) is -0.980. The van der Waals surface area contributed by atoms with Gasteiger partial charge in [0.25, 0.3) is 0 Å². The molecule has 0 saturated heterocycles. The molecule has 0 aliphatic rings. The quantitative estimate of drug-likeness (QED) is 0.607. The topological polar surface area (TPSA) is 78.4 Å². The first kappa shape index (κ1) is 20.5. The molecule has 6 heteroatoms. The number of carbonyl (C=O) groups excluding carboxylic acids is 1. The standard InChI is InChI=1S/C13H26N2O3.ClH/c1-5-8-11(13(17)18)14-9(4)12(16)15-10(6-2)7-3;/h9-11,14H,5-8H2,1-4H3,(H,15,16)(H,17,18);1H. The van der Waals surface area contributed by atoms with Crippen molar-refractivity contribution in [1.82, 2.24) is 10.6 Å². The number of carboxylic acids is 1. The monoisotopic (exact) mass is 294 g/mol. The molecule has 0 aliphatic heterocycles. The van der Waals surface area contributed by atoms with Gasteiger partial charge in [0.2, 0.25) is 5.91 Å². The Kier molecular flexibility index (Phi) is 11.9. The van der Waals surface area contributed by atoms with E-state index in [-0.39, 0.29) is 24.4 Å². The van der Waals surface area contributed by atoms with E-state index >= 15 is 0 Å². The first-order valence-electron chi connectivity index (χ1n) is 6.75. The molecule has 114 valence electrons.